The van der Waals surface area contributed by atoms with Crippen molar-refractivity contribution in [3.8, 4) is 0 Å². The molecule has 0 fully saturated rings. The summed E-state index contributed by atoms with van der Waals surface area (Å²) in [6.45, 7) is 8.88. The van der Waals surface area contributed by atoms with Gasteiger partial charge in [0, 0.05) is 0 Å². The van der Waals surface area contributed by atoms with Crippen LogP contribution in [0.2, 0.25) is 0 Å². The fourth-order valence-corrected chi connectivity index (χ4v) is 4.81. The minimum Gasteiger partial charge on any atom is -0.393 e. The summed E-state index contributed by atoms with van der Waals surface area (Å²) in [5, 5.41) is 11.1. The minimum absolute atomic E-state index is 0.222. The molecule has 0 aromatic heterocycles. The van der Waals surface area contributed by atoms with Gasteiger partial charge in [0.15, 0.2) is 0 Å². The molecule has 34 heavy (non-hydrogen) atoms. The molecule has 0 unspecified atom stereocenters. The maximum Gasteiger partial charge on any atom is 0.143 e. The second-order valence-corrected chi connectivity index (χ2v) is 9.59. The number of allylic oxidation sites excluding steroid dienone is 1. The third-order valence-corrected chi connectivity index (χ3v) is 6.64. The van der Waals surface area contributed by atoms with Crippen LogP contribution in [0.4, 0.5) is 0 Å². The molecule has 1 N–H and O–H groups in total. The van der Waals surface area contributed by atoms with Gasteiger partial charge in [0.2, 0.25) is 0 Å². The van der Waals surface area contributed by atoms with Crippen molar-refractivity contribution in [1.29, 1.82) is 0 Å². The van der Waals surface area contributed by atoms with Crippen molar-refractivity contribution in [2.75, 3.05) is 6.61 Å². The van der Waals surface area contributed by atoms with Crippen LogP contribution in [0, 0.1) is 11.8 Å². The minimum atomic E-state index is -0.741. The number of ether oxygens (including phenoxy) is 1. The lowest BCUT2D eigenvalue weighted by Crippen LogP contribution is -2.34. The SMILES string of the molecule is C=CC[C@@H](CCCC(C)C)[C@@H](O)CCOC(c1ccccc1)(c1ccccc1)c1ccccc1. The molecule has 0 radical (unpaired) electrons. The molecule has 0 heterocycles. The van der Waals surface area contributed by atoms with Crippen molar-refractivity contribution in [2.24, 2.45) is 11.8 Å². The molecule has 0 saturated heterocycles. The predicted octanol–water partition coefficient (Wildman–Crippen LogP) is 7.76. The normalized spacial score (nSPS) is 13.5. The first-order valence-corrected chi connectivity index (χ1v) is 12.7. The average molecular weight is 457 g/mol. The Bertz CT molecular complexity index is 853. The third-order valence-electron chi connectivity index (χ3n) is 6.64. The van der Waals surface area contributed by atoms with Crippen molar-refractivity contribution in [3.05, 3.63) is 120 Å². The highest BCUT2D eigenvalue weighted by Gasteiger charge is 2.37. The zero-order valence-corrected chi connectivity index (χ0v) is 20.8. The zero-order chi connectivity index (χ0) is 24.2. The number of benzene rings is 3. The largest absolute Gasteiger partial charge is 0.393 e. The highest BCUT2D eigenvalue weighted by atomic mass is 16.5. The molecular formula is C32H40O2. The highest BCUT2D eigenvalue weighted by molar-refractivity contribution is 5.47. The fourth-order valence-electron chi connectivity index (χ4n) is 4.81. The maximum absolute atomic E-state index is 11.1. The molecule has 2 nitrogen and oxygen atoms in total. The first kappa shape index (κ1) is 25.9. The van der Waals surface area contributed by atoms with Crippen molar-refractivity contribution in [1.82, 2.24) is 0 Å². The van der Waals surface area contributed by atoms with E-state index in [1.807, 2.05) is 24.3 Å². The van der Waals surface area contributed by atoms with E-state index in [-0.39, 0.29) is 5.92 Å². The summed E-state index contributed by atoms with van der Waals surface area (Å²) in [4.78, 5) is 0. The molecule has 0 aliphatic rings. The van der Waals surface area contributed by atoms with Crippen LogP contribution in [0.25, 0.3) is 0 Å². The lowest BCUT2D eigenvalue weighted by Gasteiger charge is -2.36. The van der Waals surface area contributed by atoms with Gasteiger partial charge in [0.1, 0.15) is 5.60 Å². The highest BCUT2D eigenvalue weighted by Crippen LogP contribution is 2.40. The Labute approximate surface area is 206 Å². The fraction of sp³-hybridized carbons (Fsp3) is 0.375. The first-order valence-electron chi connectivity index (χ1n) is 12.7. The smallest absolute Gasteiger partial charge is 0.143 e. The Kier molecular flexibility index (Phi) is 10.1. The summed E-state index contributed by atoms with van der Waals surface area (Å²) in [7, 11) is 0. The van der Waals surface area contributed by atoms with E-state index >= 15 is 0 Å². The Balaban J connectivity index is 1.86. The van der Waals surface area contributed by atoms with Crippen LogP contribution < -0.4 is 0 Å². The van der Waals surface area contributed by atoms with E-state index in [2.05, 4.69) is 93.2 Å². The monoisotopic (exact) mass is 456 g/mol. The predicted molar refractivity (Wildman–Crippen MR) is 143 cm³/mol. The van der Waals surface area contributed by atoms with E-state index in [1.54, 1.807) is 0 Å². The quantitative estimate of drug-likeness (QED) is 0.198. The molecule has 2 atom stereocenters. The molecule has 0 aliphatic carbocycles. The first-order chi connectivity index (χ1) is 16.6. The second-order valence-electron chi connectivity index (χ2n) is 9.59. The van der Waals surface area contributed by atoms with Crippen molar-refractivity contribution < 1.29 is 9.84 Å². The third kappa shape index (κ3) is 6.68. The Morgan fingerprint density at radius 2 is 1.24 bits per heavy atom. The molecule has 2 heteroatoms. The number of hydrogen-bond donors (Lipinski definition) is 1. The molecule has 3 aromatic rings. The summed E-state index contributed by atoms with van der Waals surface area (Å²) in [6.07, 6.45) is 6.30. The van der Waals surface area contributed by atoms with Gasteiger partial charge >= 0.3 is 0 Å². The maximum atomic E-state index is 11.1. The number of aliphatic hydroxyl groups excluding tert-OH is 1. The second kappa shape index (κ2) is 13.3. The van der Waals surface area contributed by atoms with Crippen molar-refractivity contribution >= 4 is 0 Å². The lowest BCUT2D eigenvalue weighted by atomic mass is 9.80. The molecule has 180 valence electrons. The number of aliphatic hydroxyl groups is 1. The Morgan fingerprint density at radius 3 is 1.65 bits per heavy atom. The lowest BCUT2D eigenvalue weighted by molar-refractivity contribution is -0.0156. The molecule has 0 saturated carbocycles. The van der Waals surface area contributed by atoms with Crippen LogP contribution in [0.15, 0.2) is 104 Å². The van der Waals surface area contributed by atoms with Gasteiger partial charge in [-0.3, -0.25) is 0 Å². The molecule has 0 spiro atoms. The average Bonchev–Trinajstić information content (AvgIpc) is 2.87. The van der Waals surface area contributed by atoms with Crippen LogP contribution in [0.3, 0.4) is 0 Å². The molecule has 0 amide bonds. The Hall–Kier alpha value is -2.68. The van der Waals surface area contributed by atoms with Gasteiger partial charge in [-0.25, -0.2) is 0 Å². The van der Waals surface area contributed by atoms with Gasteiger partial charge in [-0.2, -0.15) is 0 Å². The summed E-state index contributed by atoms with van der Waals surface area (Å²) in [5.74, 6) is 0.910. The van der Waals surface area contributed by atoms with Gasteiger partial charge in [0.05, 0.1) is 12.7 Å². The van der Waals surface area contributed by atoms with Crippen LogP contribution in [0.1, 0.15) is 62.6 Å². The van der Waals surface area contributed by atoms with E-state index in [9.17, 15) is 5.11 Å². The molecule has 3 rings (SSSR count). The summed E-state index contributed by atoms with van der Waals surface area (Å²) in [5.41, 5.74) is 2.51. The van der Waals surface area contributed by atoms with E-state index in [1.165, 1.54) is 6.42 Å². The summed E-state index contributed by atoms with van der Waals surface area (Å²) >= 11 is 0. The molecule has 0 aliphatic heterocycles. The van der Waals surface area contributed by atoms with Gasteiger partial charge in [-0.1, -0.05) is 124 Å². The molecular weight excluding hydrogens is 416 g/mol. The summed E-state index contributed by atoms with van der Waals surface area (Å²) < 4.78 is 6.84. The van der Waals surface area contributed by atoms with E-state index in [0.29, 0.717) is 18.9 Å². The molecule has 0 bridgehead atoms. The Morgan fingerprint density at radius 1 is 0.765 bits per heavy atom. The van der Waals surface area contributed by atoms with Crippen LogP contribution in [-0.2, 0) is 10.3 Å². The van der Waals surface area contributed by atoms with Crippen LogP contribution in [0.5, 0.6) is 0 Å². The van der Waals surface area contributed by atoms with E-state index in [0.717, 1.165) is 36.0 Å². The van der Waals surface area contributed by atoms with Crippen molar-refractivity contribution in [2.45, 2.75) is 57.7 Å². The zero-order valence-electron chi connectivity index (χ0n) is 20.8. The van der Waals surface area contributed by atoms with Gasteiger partial charge in [-0.05, 0) is 47.8 Å². The van der Waals surface area contributed by atoms with Gasteiger partial charge in [0.25, 0.3) is 0 Å². The van der Waals surface area contributed by atoms with Crippen LogP contribution in [-0.4, -0.2) is 17.8 Å². The van der Waals surface area contributed by atoms with Gasteiger partial charge in [-0.15, -0.1) is 6.58 Å². The number of rotatable bonds is 14. The number of hydrogen-bond acceptors (Lipinski definition) is 2. The topological polar surface area (TPSA) is 29.5 Å². The van der Waals surface area contributed by atoms with Gasteiger partial charge < -0.3 is 9.84 Å². The van der Waals surface area contributed by atoms with E-state index in [4.69, 9.17) is 4.74 Å². The van der Waals surface area contributed by atoms with Crippen LogP contribution >= 0.6 is 0 Å². The standard InChI is InChI=1S/C32H40O2/c1-4-15-27(17-14-16-26(2)3)31(33)24-25-34-32(28-18-8-5-9-19-28,29-20-10-6-11-21-29)30-22-12-7-13-23-30/h4-13,18-23,26-27,31,33H,1,14-17,24-25H2,2-3H3/t27-,31-/m0/s1. The van der Waals surface area contributed by atoms with E-state index < -0.39 is 11.7 Å². The molecule has 3 aromatic carbocycles. The van der Waals surface area contributed by atoms with Crippen molar-refractivity contribution in [3.63, 3.8) is 0 Å². The summed E-state index contributed by atoms with van der Waals surface area (Å²) in [6, 6.07) is 31.2.